The van der Waals surface area contributed by atoms with Crippen molar-refractivity contribution < 1.29 is 14.6 Å². The molecule has 1 aromatic heterocycles. The molecule has 1 aliphatic heterocycles. The van der Waals surface area contributed by atoms with Gasteiger partial charge in [0.25, 0.3) is 0 Å². The maximum absolute atomic E-state index is 12.0. The number of aromatic nitrogens is 1. The van der Waals surface area contributed by atoms with Crippen LogP contribution >= 0.6 is 0 Å². The number of carbonyl (C=O) groups excluding carboxylic acids is 1. The van der Waals surface area contributed by atoms with Crippen molar-refractivity contribution >= 4 is 17.3 Å². The molecule has 2 aromatic rings. The Morgan fingerprint density at radius 3 is 2.65 bits per heavy atom. The minimum absolute atomic E-state index is 0.184. The first-order valence-electron chi connectivity index (χ1n) is 10.6. The zero-order chi connectivity index (χ0) is 22.4. The predicted molar refractivity (Wildman–Crippen MR) is 121 cm³/mol. The van der Waals surface area contributed by atoms with E-state index in [-0.39, 0.29) is 11.6 Å². The van der Waals surface area contributed by atoms with Gasteiger partial charge in [-0.15, -0.1) is 0 Å². The number of nitrogens with zero attached hydrogens (tertiary/aromatic N) is 1. The van der Waals surface area contributed by atoms with Crippen LogP contribution in [-0.2, 0) is 6.54 Å². The number of pyridine rings is 1. The zero-order valence-corrected chi connectivity index (χ0v) is 18.2. The van der Waals surface area contributed by atoms with Crippen molar-refractivity contribution in [3.05, 3.63) is 63.6 Å². The summed E-state index contributed by atoms with van der Waals surface area (Å²) in [5.74, 6) is 0.671. The first-order chi connectivity index (χ1) is 14.9. The molecule has 8 heteroatoms. The van der Waals surface area contributed by atoms with Crippen LogP contribution in [0.25, 0.3) is 5.57 Å². The van der Waals surface area contributed by atoms with Crippen molar-refractivity contribution in [2.45, 2.75) is 40.0 Å². The Hall–Kier alpha value is -3.26. The number of H-pyrrole nitrogens is 1. The number of allylic oxidation sites excluding steroid dienone is 1. The van der Waals surface area contributed by atoms with E-state index < -0.39 is 6.29 Å². The van der Waals surface area contributed by atoms with Crippen molar-refractivity contribution in [3.63, 3.8) is 0 Å². The third-order valence-electron chi connectivity index (χ3n) is 5.50. The molecule has 0 spiro atoms. The summed E-state index contributed by atoms with van der Waals surface area (Å²) in [4.78, 5) is 27.9. The highest BCUT2D eigenvalue weighted by Gasteiger charge is 2.25. The van der Waals surface area contributed by atoms with Gasteiger partial charge in [0.05, 0.1) is 0 Å². The van der Waals surface area contributed by atoms with Crippen LogP contribution in [0.4, 0.5) is 10.5 Å². The third kappa shape index (κ3) is 5.46. The highest BCUT2D eigenvalue weighted by atomic mass is 16.6. The maximum atomic E-state index is 12.0. The molecule has 1 aromatic carbocycles. The number of nitrogens with one attached hydrogen (secondary N) is 3. The number of rotatable bonds is 8. The summed E-state index contributed by atoms with van der Waals surface area (Å²) in [6.07, 6.45) is 0.997. The molecule has 2 heterocycles. The van der Waals surface area contributed by atoms with E-state index >= 15 is 0 Å². The number of aromatic amines is 1. The Balaban J connectivity index is 1.58. The van der Waals surface area contributed by atoms with Crippen LogP contribution in [0.15, 0.2) is 46.9 Å². The van der Waals surface area contributed by atoms with Crippen LogP contribution in [0.1, 0.15) is 38.3 Å². The molecule has 0 saturated heterocycles. The number of hydrogen-bond donors (Lipinski definition) is 4. The first kappa shape index (κ1) is 22.4. The Morgan fingerprint density at radius 2 is 1.97 bits per heavy atom. The summed E-state index contributed by atoms with van der Waals surface area (Å²) in [5, 5.41) is 16.0. The number of carbonyl (C=O) groups is 1. The van der Waals surface area contributed by atoms with E-state index in [1.165, 1.54) is 6.07 Å². The van der Waals surface area contributed by atoms with E-state index in [0.717, 1.165) is 41.1 Å². The van der Waals surface area contributed by atoms with Crippen molar-refractivity contribution in [2.75, 3.05) is 24.5 Å². The molecule has 0 bridgehead atoms. The topological polar surface area (TPSA) is 107 Å². The second-order valence-corrected chi connectivity index (χ2v) is 7.39. The number of aliphatic hydroxyl groups excluding tert-OH is 1. The van der Waals surface area contributed by atoms with Gasteiger partial charge in [-0.1, -0.05) is 6.07 Å². The average molecular weight is 427 g/mol. The van der Waals surface area contributed by atoms with Crippen LogP contribution in [0.2, 0.25) is 0 Å². The van der Waals surface area contributed by atoms with Crippen molar-refractivity contribution in [3.8, 4) is 5.75 Å². The molecule has 0 saturated carbocycles. The third-order valence-corrected chi connectivity index (χ3v) is 5.50. The number of amides is 2. The van der Waals surface area contributed by atoms with Gasteiger partial charge in [-0.25, -0.2) is 4.79 Å². The van der Waals surface area contributed by atoms with Gasteiger partial charge in [-0.05, 0) is 50.5 Å². The lowest BCUT2D eigenvalue weighted by atomic mass is 9.95. The number of fused-ring (bicyclic) bond motifs is 1. The molecule has 1 aliphatic rings. The molecule has 0 radical (unpaired) electrons. The van der Waals surface area contributed by atoms with E-state index in [0.29, 0.717) is 25.3 Å². The SMILES string of the molecule is CCN(CC)c1ccc2c(c1)OC(O)C(CCNC(=O)NCc1ccc(=O)[nH]c1)=C2C. The van der Waals surface area contributed by atoms with Crippen LogP contribution in [-0.4, -0.2) is 42.0 Å². The summed E-state index contributed by atoms with van der Waals surface area (Å²) < 4.78 is 5.78. The Kier molecular flexibility index (Phi) is 7.36. The van der Waals surface area contributed by atoms with Gasteiger partial charge in [0.2, 0.25) is 11.8 Å². The molecule has 8 nitrogen and oxygen atoms in total. The lowest BCUT2D eigenvalue weighted by molar-refractivity contribution is 0.00968. The number of benzene rings is 1. The average Bonchev–Trinajstić information content (AvgIpc) is 2.76. The van der Waals surface area contributed by atoms with Gasteiger partial charge < -0.3 is 30.4 Å². The van der Waals surface area contributed by atoms with Crippen molar-refractivity contribution in [1.29, 1.82) is 0 Å². The standard InChI is InChI=1S/C23H30N4O4/c1-4-27(5-2)17-7-8-18-15(3)19(22(29)31-20(18)12-17)10-11-24-23(30)26-14-16-6-9-21(28)25-13-16/h6-9,12-13,22,29H,4-5,10-11,14H2,1-3H3,(H,25,28)(H2,24,26,30). The molecule has 1 unspecified atom stereocenters. The predicted octanol–water partition coefficient (Wildman–Crippen LogP) is 2.59. The summed E-state index contributed by atoms with van der Waals surface area (Å²) in [6, 6.07) is 8.81. The van der Waals surface area contributed by atoms with Gasteiger partial charge in [0.1, 0.15) is 5.75 Å². The number of urea groups is 1. The minimum atomic E-state index is -1.04. The second-order valence-electron chi connectivity index (χ2n) is 7.39. The number of aliphatic hydroxyl groups is 1. The lowest BCUT2D eigenvalue weighted by Gasteiger charge is -2.29. The Labute approximate surface area is 181 Å². The fourth-order valence-electron chi connectivity index (χ4n) is 3.67. The second kappa shape index (κ2) is 10.2. The fraction of sp³-hybridized carbons (Fsp3) is 0.391. The summed E-state index contributed by atoms with van der Waals surface area (Å²) >= 11 is 0. The van der Waals surface area contributed by atoms with E-state index in [2.05, 4.69) is 40.4 Å². The van der Waals surface area contributed by atoms with Crippen LogP contribution < -0.4 is 25.8 Å². The Bertz CT molecular complexity index is 990. The van der Waals surface area contributed by atoms with Crippen molar-refractivity contribution in [2.24, 2.45) is 0 Å². The molecule has 0 fully saturated rings. The van der Waals surface area contributed by atoms with E-state index in [1.807, 2.05) is 19.1 Å². The monoisotopic (exact) mass is 426 g/mol. The van der Waals surface area contributed by atoms with Gasteiger partial charge in [-0.2, -0.15) is 0 Å². The molecule has 1 atom stereocenters. The van der Waals surface area contributed by atoms with Crippen LogP contribution in [0, 0.1) is 0 Å². The van der Waals surface area contributed by atoms with Gasteiger partial charge in [0.15, 0.2) is 0 Å². The molecule has 3 rings (SSSR count). The van der Waals surface area contributed by atoms with E-state index in [1.54, 1.807) is 12.3 Å². The lowest BCUT2D eigenvalue weighted by Crippen LogP contribution is -2.36. The fourth-order valence-corrected chi connectivity index (χ4v) is 3.67. The van der Waals surface area contributed by atoms with Crippen LogP contribution in [0.5, 0.6) is 5.75 Å². The summed E-state index contributed by atoms with van der Waals surface area (Å²) in [6.45, 7) is 8.63. The molecule has 166 valence electrons. The van der Waals surface area contributed by atoms with E-state index in [4.69, 9.17) is 4.74 Å². The van der Waals surface area contributed by atoms with E-state index in [9.17, 15) is 14.7 Å². The highest BCUT2D eigenvalue weighted by molar-refractivity contribution is 5.76. The largest absolute Gasteiger partial charge is 0.460 e. The first-order valence-corrected chi connectivity index (χ1v) is 10.6. The quantitative estimate of drug-likeness (QED) is 0.519. The van der Waals surface area contributed by atoms with Gasteiger partial charge >= 0.3 is 6.03 Å². The maximum Gasteiger partial charge on any atom is 0.315 e. The molecule has 4 N–H and O–H groups in total. The van der Waals surface area contributed by atoms with Crippen LogP contribution in [0.3, 0.4) is 0 Å². The summed E-state index contributed by atoms with van der Waals surface area (Å²) in [7, 11) is 0. The Morgan fingerprint density at radius 1 is 1.19 bits per heavy atom. The van der Waals surface area contributed by atoms with Gasteiger partial charge in [0, 0.05) is 61.3 Å². The highest BCUT2D eigenvalue weighted by Crippen LogP contribution is 2.38. The van der Waals surface area contributed by atoms with Crippen molar-refractivity contribution in [1.82, 2.24) is 15.6 Å². The number of hydrogen-bond acceptors (Lipinski definition) is 5. The smallest absolute Gasteiger partial charge is 0.315 e. The molecular weight excluding hydrogens is 396 g/mol. The zero-order valence-electron chi connectivity index (χ0n) is 18.2. The molecule has 2 amide bonds. The number of ether oxygens (including phenoxy) is 1. The minimum Gasteiger partial charge on any atom is -0.460 e. The molecular formula is C23H30N4O4. The number of anilines is 1. The van der Waals surface area contributed by atoms with Gasteiger partial charge in [-0.3, -0.25) is 4.79 Å². The molecule has 31 heavy (non-hydrogen) atoms. The normalized spacial score (nSPS) is 15.2. The molecule has 0 aliphatic carbocycles. The summed E-state index contributed by atoms with van der Waals surface area (Å²) in [5.41, 5.74) is 4.35.